The molecule has 6 heteroatoms. The van der Waals surface area contributed by atoms with Crippen molar-refractivity contribution >= 4 is 56.8 Å². The van der Waals surface area contributed by atoms with Gasteiger partial charge in [0.15, 0.2) is 0 Å². The van der Waals surface area contributed by atoms with E-state index in [9.17, 15) is 8.78 Å². The van der Waals surface area contributed by atoms with Gasteiger partial charge in [0.25, 0.3) is 6.43 Å². The van der Waals surface area contributed by atoms with Crippen molar-refractivity contribution in [2.45, 2.75) is 6.43 Å². The minimum absolute atomic E-state index is 0.137. The normalized spacial score (nSPS) is 10.8. The van der Waals surface area contributed by atoms with E-state index >= 15 is 0 Å². The number of hydrogen-bond donors (Lipinski definition) is 0. The standard InChI is InChI=1S/C6H2ClF2I2N/c7-5-4(11)2(10)1-3(12-5)6(8)9/h1,6H. The molecule has 0 amide bonds. The SMILES string of the molecule is FC(F)c1cc(I)c(I)c(Cl)n1. The van der Waals surface area contributed by atoms with E-state index in [0.717, 1.165) is 0 Å². The van der Waals surface area contributed by atoms with E-state index in [1.807, 2.05) is 45.2 Å². The summed E-state index contributed by atoms with van der Waals surface area (Å²) in [5.74, 6) is 0. The summed E-state index contributed by atoms with van der Waals surface area (Å²) in [6.45, 7) is 0. The Labute approximate surface area is 100 Å². The second kappa shape index (κ2) is 4.32. The zero-order valence-corrected chi connectivity index (χ0v) is 10.6. The van der Waals surface area contributed by atoms with Crippen molar-refractivity contribution < 1.29 is 8.78 Å². The number of nitrogens with zero attached hydrogens (tertiary/aromatic N) is 1. The van der Waals surface area contributed by atoms with Crippen molar-refractivity contribution in [3.05, 3.63) is 24.1 Å². The van der Waals surface area contributed by atoms with Crippen LogP contribution in [0.2, 0.25) is 5.15 Å². The van der Waals surface area contributed by atoms with Gasteiger partial charge in [-0.05, 0) is 51.2 Å². The number of aromatic nitrogens is 1. The average Bonchev–Trinajstić information content (AvgIpc) is 1.99. The van der Waals surface area contributed by atoms with Gasteiger partial charge in [-0.1, -0.05) is 11.6 Å². The van der Waals surface area contributed by atoms with Crippen molar-refractivity contribution in [1.29, 1.82) is 0 Å². The van der Waals surface area contributed by atoms with E-state index in [1.165, 1.54) is 6.07 Å². The lowest BCUT2D eigenvalue weighted by atomic mass is 10.4. The van der Waals surface area contributed by atoms with Gasteiger partial charge in [-0.3, -0.25) is 0 Å². The molecule has 0 radical (unpaired) electrons. The molecule has 0 fully saturated rings. The molecule has 0 atom stereocenters. The van der Waals surface area contributed by atoms with Crippen LogP contribution in [0.3, 0.4) is 0 Å². The number of pyridine rings is 1. The van der Waals surface area contributed by atoms with E-state index in [0.29, 0.717) is 7.14 Å². The van der Waals surface area contributed by atoms with Crippen molar-refractivity contribution in [3.8, 4) is 0 Å². The van der Waals surface area contributed by atoms with Crippen LogP contribution in [0.5, 0.6) is 0 Å². The second-order valence-corrected chi connectivity index (χ2v) is 4.53. The molecular weight excluding hydrogens is 413 g/mol. The lowest BCUT2D eigenvalue weighted by Gasteiger charge is -2.02. The van der Waals surface area contributed by atoms with E-state index in [1.54, 1.807) is 0 Å². The first-order valence-electron chi connectivity index (χ1n) is 2.82. The highest BCUT2D eigenvalue weighted by Crippen LogP contribution is 2.26. The summed E-state index contributed by atoms with van der Waals surface area (Å²) in [5, 5.41) is 0.137. The largest absolute Gasteiger partial charge is 0.280 e. The van der Waals surface area contributed by atoms with Crippen molar-refractivity contribution in [1.82, 2.24) is 4.98 Å². The lowest BCUT2D eigenvalue weighted by molar-refractivity contribution is 0.146. The van der Waals surface area contributed by atoms with Crippen LogP contribution in [-0.4, -0.2) is 4.98 Å². The zero-order valence-electron chi connectivity index (χ0n) is 5.49. The molecule has 0 aliphatic heterocycles. The maximum atomic E-state index is 12.1. The Balaban J connectivity index is 3.21. The molecule has 0 unspecified atom stereocenters. The molecule has 0 N–H and O–H groups in total. The highest BCUT2D eigenvalue weighted by Gasteiger charge is 2.13. The molecule has 66 valence electrons. The van der Waals surface area contributed by atoms with Crippen LogP contribution >= 0.6 is 56.8 Å². The summed E-state index contributed by atoms with van der Waals surface area (Å²) < 4.78 is 25.7. The van der Waals surface area contributed by atoms with Gasteiger partial charge >= 0.3 is 0 Å². The topological polar surface area (TPSA) is 12.9 Å². The maximum Gasteiger partial charge on any atom is 0.280 e. The first kappa shape index (κ1) is 10.8. The molecule has 0 saturated heterocycles. The molecule has 0 spiro atoms. The fourth-order valence-corrected chi connectivity index (χ4v) is 1.81. The van der Waals surface area contributed by atoms with Crippen LogP contribution in [0.15, 0.2) is 6.07 Å². The Bertz CT molecular complexity index is 283. The Morgan fingerprint density at radius 3 is 2.42 bits per heavy atom. The van der Waals surface area contributed by atoms with Gasteiger partial charge in [-0.25, -0.2) is 13.8 Å². The summed E-state index contributed by atoms with van der Waals surface area (Å²) >= 11 is 9.51. The molecule has 1 heterocycles. The van der Waals surface area contributed by atoms with Crippen molar-refractivity contribution in [3.63, 3.8) is 0 Å². The van der Waals surface area contributed by atoms with Crippen molar-refractivity contribution in [2.75, 3.05) is 0 Å². The predicted molar refractivity (Wildman–Crippen MR) is 59.6 cm³/mol. The maximum absolute atomic E-state index is 12.1. The van der Waals surface area contributed by atoms with Gasteiger partial charge in [-0.2, -0.15) is 0 Å². The van der Waals surface area contributed by atoms with Gasteiger partial charge < -0.3 is 0 Å². The fourth-order valence-electron chi connectivity index (χ4n) is 0.598. The van der Waals surface area contributed by atoms with Crippen molar-refractivity contribution in [2.24, 2.45) is 0 Å². The third kappa shape index (κ3) is 2.38. The Kier molecular flexibility index (Phi) is 3.90. The summed E-state index contributed by atoms with van der Waals surface area (Å²) in [6.07, 6.45) is -2.56. The minimum atomic E-state index is -2.56. The summed E-state index contributed by atoms with van der Waals surface area (Å²) in [5.41, 5.74) is -0.273. The van der Waals surface area contributed by atoms with E-state index in [2.05, 4.69) is 4.98 Å². The summed E-state index contributed by atoms with van der Waals surface area (Å²) in [7, 11) is 0. The van der Waals surface area contributed by atoms with Crippen LogP contribution in [0, 0.1) is 7.14 Å². The molecule has 12 heavy (non-hydrogen) atoms. The van der Waals surface area contributed by atoms with Crippen LogP contribution in [-0.2, 0) is 0 Å². The molecule has 1 rings (SSSR count). The molecule has 0 aliphatic rings. The second-order valence-electron chi connectivity index (χ2n) is 1.93. The average molecular weight is 415 g/mol. The highest BCUT2D eigenvalue weighted by atomic mass is 127. The first-order chi connectivity index (χ1) is 5.52. The molecule has 1 aromatic rings. The van der Waals surface area contributed by atoms with Gasteiger partial charge in [-0.15, -0.1) is 0 Å². The minimum Gasteiger partial charge on any atom is -0.234 e. The lowest BCUT2D eigenvalue weighted by Crippen LogP contribution is -1.94. The Hall–Kier alpha value is 0.760. The summed E-state index contributed by atoms with van der Waals surface area (Å²) in [4.78, 5) is 3.54. The number of rotatable bonds is 1. The Morgan fingerprint density at radius 2 is 2.00 bits per heavy atom. The van der Waals surface area contributed by atoms with Crippen LogP contribution in [0.25, 0.3) is 0 Å². The molecule has 0 bridgehead atoms. The highest BCUT2D eigenvalue weighted by molar-refractivity contribution is 14.1. The van der Waals surface area contributed by atoms with Crippen LogP contribution in [0.4, 0.5) is 8.78 Å². The monoisotopic (exact) mass is 415 g/mol. The number of halogens is 5. The van der Waals surface area contributed by atoms with Crippen LogP contribution < -0.4 is 0 Å². The fraction of sp³-hybridized carbons (Fsp3) is 0.167. The zero-order chi connectivity index (χ0) is 9.30. The number of hydrogen-bond acceptors (Lipinski definition) is 1. The first-order valence-corrected chi connectivity index (χ1v) is 5.35. The van der Waals surface area contributed by atoms with Gasteiger partial charge in [0.05, 0.1) is 3.57 Å². The van der Waals surface area contributed by atoms with Crippen LogP contribution in [0.1, 0.15) is 12.1 Å². The molecule has 0 aromatic carbocycles. The Morgan fingerprint density at radius 1 is 1.42 bits per heavy atom. The third-order valence-corrected chi connectivity index (χ3v) is 4.68. The molecule has 0 aliphatic carbocycles. The quantitative estimate of drug-likeness (QED) is 0.501. The van der Waals surface area contributed by atoms with E-state index in [4.69, 9.17) is 11.6 Å². The third-order valence-electron chi connectivity index (χ3n) is 1.12. The number of alkyl halides is 2. The van der Waals surface area contributed by atoms with Gasteiger partial charge in [0.2, 0.25) is 0 Å². The van der Waals surface area contributed by atoms with E-state index in [-0.39, 0.29) is 10.8 Å². The van der Waals surface area contributed by atoms with Gasteiger partial charge in [0.1, 0.15) is 10.8 Å². The molecule has 1 nitrogen and oxygen atoms in total. The molecular formula is C6H2ClF2I2N. The molecule has 0 saturated carbocycles. The smallest absolute Gasteiger partial charge is 0.234 e. The van der Waals surface area contributed by atoms with Gasteiger partial charge in [0, 0.05) is 3.57 Å². The predicted octanol–water partition coefficient (Wildman–Crippen LogP) is 3.88. The molecule has 1 aromatic heterocycles. The van der Waals surface area contributed by atoms with E-state index < -0.39 is 6.43 Å². The summed E-state index contributed by atoms with van der Waals surface area (Å²) in [6, 6.07) is 1.33.